The average Bonchev–Trinajstić information content (AvgIpc) is 3.11. The van der Waals surface area contributed by atoms with E-state index in [-0.39, 0.29) is 4.90 Å². The van der Waals surface area contributed by atoms with E-state index in [4.69, 9.17) is 0 Å². The summed E-state index contributed by atoms with van der Waals surface area (Å²) < 4.78 is 39.9. The summed E-state index contributed by atoms with van der Waals surface area (Å²) in [7, 11) is -3.80. The van der Waals surface area contributed by atoms with Crippen LogP contribution >= 0.6 is 27.3 Å². The molecule has 2 aromatic carbocycles. The molecule has 6 nitrogen and oxygen atoms in total. The van der Waals surface area contributed by atoms with E-state index in [1.807, 2.05) is 18.2 Å². The molecule has 0 aliphatic carbocycles. The third-order valence-electron chi connectivity index (χ3n) is 4.73. The van der Waals surface area contributed by atoms with E-state index >= 15 is 0 Å². The Bertz CT molecular complexity index is 1160. The minimum Gasteiger partial charge on any atom is -0.345 e. The van der Waals surface area contributed by atoms with Crippen LogP contribution in [0.15, 0.2) is 51.8 Å². The maximum absolute atomic E-state index is 13.0. The molecule has 4 rings (SSSR count). The zero-order valence-electron chi connectivity index (χ0n) is 15.2. The highest BCUT2D eigenvalue weighted by atomic mass is 79.9. The van der Waals surface area contributed by atoms with E-state index in [0.29, 0.717) is 26.2 Å². The van der Waals surface area contributed by atoms with Gasteiger partial charge in [-0.3, -0.25) is 4.79 Å². The second kappa shape index (κ2) is 8.00. The first-order chi connectivity index (χ1) is 13.8. The van der Waals surface area contributed by atoms with Gasteiger partial charge in [-0.2, -0.15) is 0 Å². The number of halogens is 2. The molecule has 29 heavy (non-hydrogen) atoms. The highest BCUT2D eigenvalue weighted by Gasteiger charge is 2.27. The fourth-order valence-corrected chi connectivity index (χ4v) is 5.94. The number of benzene rings is 2. The van der Waals surface area contributed by atoms with Crippen LogP contribution in [-0.4, -0.2) is 56.1 Å². The molecule has 10 heteroatoms. The fourth-order valence-electron chi connectivity index (χ4n) is 3.15. The lowest BCUT2D eigenvalue weighted by atomic mass is 10.3. The number of piperazine rings is 1. The molecule has 0 bridgehead atoms. The molecule has 0 unspecified atom stereocenters. The normalized spacial score (nSPS) is 15.1. The van der Waals surface area contributed by atoms with Crippen LogP contribution in [0.4, 0.5) is 9.52 Å². The van der Waals surface area contributed by atoms with Gasteiger partial charge >= 0.3 is 0 Å². The summed E-state index contributed by atoms with van der Waals surface area (Å²) in [5.41, 5.74) is 0.928. The minimum absolute atomic E-state index is 0.0495. The molecule has 0 saturated carbocycles. The first-order valence-electron chi connectivity index (χ1n) is 8.89. The van der Waals surface area contributed by atoms with Gasteiger partial charge in [0, 0.05) is 30.7 Å². The highest BCUT2D eigenvalue weighted by Crippen LogP contribution is 2.31. The van der Waals surface area contributed by atoms with Crippen molar-refractivity contribution in [3.8, 4) is 0 Å². The molecule has 1 amide bonds. The number of thiazole rings is 1. The third-order valence-corrected chi connectivity index (χ3v) is 7.92. The van der Waals surface area contributed by atoms with Crippen LogP contribution in [0.1, 0.15) is 0 Å². The maximum Gasteiger partial charge on any atom is 0.238 e. The van der Waals surface area contributed by atoms with Gasteiger partial charge in [0.05, 0.1) is 15.1 Å². The van der Waals surface area contributed by atoms with Crippen molar-refractivity contribution in [2.24, 2.45) is 0 Å². The molecule has 3 aromatic rings. The van der Waals surface area contributed by atoms with Crippen molar-refractivity contribution in [3.63, 3.8) is 0 Å². The fraction of sp³-hybridized carbons (Fsp3) is 0.263. The van der Waals surface area contributed by atoms with Crippen molar-refractivity contribution in [2.75, 3.05) is 36.8 Å². The zero-order valence-corrected chi connectivity index (χ0v) is 18.4. The molecule has 1 aliphatic rings. The van der Waals surface area contributed by atoms with Crippen LogP contribution in [0.25, 0.3) is 10.2 Å². The highest BCUT2D eigenvalue weighted by molar-refractivity contribution is 9.10. The summed E-state index contributed by atoms with van der Waals surface area (Å²) in [6.45, 7) is 2.03. The zero-order chi connectivity index (χ0) is 20.6. The van der Waals surface area contributed by atoms with Crippen molar-refractivity contribution in [3.05, 3.63) is 52.8 Å². The number of hydrogen-bond donors (Lipinski definition) is 0. The van der Waals surface area contributed by atoms with Crippen LogP contribution in [0.2, 0.25) is 0 Å². The van der Waals surface area contributed by atoms with Gasteiger partial charge < -0.3 is 9.80 Å². The number of fused-ring (bicyclic) bond motifs is 1. The average molecular weight is 498 g/mol. The summed E-state index contributed by atoms with van der Waals surface area (Å²) >= 11 is 5.05. The van der Waals surface area contributed by atoms with Gasteiger partial charge in [0.25, 0.3) is 0 Å². The van der Waals surface area contributed by atoms with Crippen LogP contribution in [0.5, 0.6) is 0 Å². The first kappa shape index (κ1) is 20.2. The largest absolute Gasteiger partial charge is 0.345 e. The number of carbonyl (C=O) groups excluding carboxylic acids is 1. The molecule has 1 aliphatic heterocycles. The van der Waals surface area contributed by atoms with Gasteiger partial charge in [0.2, 0.25) is 5.91 Å². The van der Waals surface area contributed by atoms with E-state index in [1.54, 1.807) is 16.2 Å². The number of carbonyl (C=O) groups is 1. The Morgan fingerprint density at radius 3 is 2.48 bits per heavy atom. The molecule has 0 N–H and O–H groups in total. The van der Waals surface area contributed by atoms with Crippen LogP contribution in [0, 0.1) is 5.82 Å². The van der Waals surface area contributed by atoms with Gasteiger partial charge in [-0.15, -0.1) is 0 Å². The second-order valence-corrected chi connectivity index (χ2v) is 10.6. The number of aromatic nitrogens is 1. The van der Waals surface area contributed by atoms with Crippen LogP contribution in [0.3, 0.4) is 0 Å². The number of hydrogen-bond acceptors (Lipinski definition) is 6. The topological polar surface area (TPSA) is 70.6 Å². The number of anilines is 1. The van der Waals surface area contributed by atoms with E-state index in [0.717, 1.165) is 32.0 Å². The van der Waals surface area contributed by atoms with Gasteiger partial charge in [-0.05, 0) is 42.5 Å². The summed E-state index contributed by atoms with van der Waals surface area (Å²) in [6, 6.07) is 10.4. The maximum atomic E-state index is 13.0. The van der Waals surface area contributed by atoms with Crippen LogP contribution in [-0.2, 0) is 14.6 Å². The van der Waals surface area contributed by atoms with Gasteiger partial charge in [0.15, 0.2) is 15.0 Å². The molecule has 1 aromatic heterocycles. The Morgan fingerprint density at radius 1 is 1.10 bits per heavy atom. The van der Waals surface area contributed by atoms with Crippen molar-refractivity contribution >= 4 is 58.4 Å². The Morgan fingerprint density at radius 2 is 1.79 bits per heavy atom. The number of nitrogens with zero attached hydrogens (tertiary/aromatic N) is 3. The number of sulfone groups is 1. The Balaban J connectivity index is 1.39. The Kier molecular flexibility index (Phi) is 5.58. The van der Waals surface area contributed by atoms with E-state index in [1.165, 1.54) is 12.1 Å². The Labute approximate surface area is 180 Å². The molecule has 0 radical (unpaired) electrons. The van der Waals surface area contributed by atoms with Crippen molar-refractivity contribution in [1.82, 2.24) is 9.88 Å². The van der Waals surface area contributed by atoms with Crippen molar-refractivity contribution in [2.45, 2.75) is 4.90 Å². The van der Waals surface area contributed by atoms with Crippen molar-refractivity contribution < 1.29 is 17.6 Å². The van der Waals surface area contributed by atoms with E-state index in [2.05, 4.69) is 25.8 Å². The van der Waals surface area contributed by atoms with Gasteiger partial charge in [0.1, 0.15) is 11.6 Å². The summed E-state index contributed by atoms with van der Waals surface area (Å²) in [5.74, 6) is -1.58. The lowest BCUT2D eigenvalue weighted by molar-refractivity contribution is -0.128. The first-order valence-corrected chi connectivity index (χ1v) is 12.2. The lowest BCUT2D eigenvalue weighted by Gasteiger charge is -2.34. The molecule has 1 fully saturated rings. The molecule has 1 saturated heterocycles. The SMILES string of the molecule is O=C(CS(=O)(=O)c1ccc(F)cc1)N1CCN(c2nc3ccc(Br)cc3s2)CC1. The molecule has 0 spiro atoms. The lowest BCUT2D eigenvalue weighted by Crippen LogP contribution is -2.50. The molecule has 0 atom stereocenters. The molecule has 2 heterocycles. The molecular formula is C19H17BrFN3O3S2. The van der Waals surface area contributed by atoms with Gasteiger partial charge in [-0.25, -0.2) is 17.8 Å². The van der Waals surface area contributed by atoms with E-state index < -0.39 is 27.3 Å². The van der Waals surface area contributed by atoms with Crippen molar-refractivity contribution in [1.29, 1.82) is 0 Å². The third kappa shape index (κ3) is 4.44. The summed E-state index contributed by atoms with van der Waals surface area (Å²) in [4.78, 5) is 20.8. The number of amides is 1. The molecule has 152 valence electrons. The summed E-state index contributed by atoms with van der Waals surface area (Å²) in [5, 5.41) is 0.893. The van der Waals surface area contributed by atoms with Gasteiger partial charge in [-0.1, -0.05) is 27.3 Å². The quantitative estimate of drug-likeness (QED) is 0.517. The Hall–Kier alpha value is -2.04. The van der Waals surface area contributed by atoms with Crippen LogP contribution < -0.4 is 4.90 Å². The van der Waals surface area contributed by atoms with E-state index in [9.17, 15) is 17.6 Å². The molecular weight excluding hydrogens is 481 g/mol. The number of rotatable bonds is 4. The predicted octanol–water partition coefficient (Wildman–Crippen LogP) is 3.32. The predicted molar refractivity (Wildman–Crippen MR) is 115 cm³/mol. The smallest absolute Gasteiger partial charge is 0.238 e. The minimum atomic E-state index is -3.80. The standard InChI is InChI=1S/C19H17BrFN3O3S2/c20-13-1-6-16-17(11-13)28-19(22-16)24-9-7-23(8-10-24)18(25)12-29(26,27)15-4-2-14(21)3-5-15/h1-6,11H,7-10,12H2. The summed E-state index contributed by atoms with van der Waals surface area (Å²) in [6.07, 6.45) is 0. The second-order valence-electron chi connectivity index (χ2n) is 6.69. The monoisotopic (exact) mass is 497 g/mol.